The maximum Gasteiger partial charge on any atom is 0.101 e. The van der Waals surface area contributed by atoms with Crippen molar-refractivity contribution in [3.05, 3.63) is 50.1 Å². The Hall–Kier alpha value is -0.830. The molecule has 1 aromatic carbocycles. The van der Waals surface area contributed by atoms with Gasteiger partial charge < -0.3 is 4.90 Å². The average Bonchev–Trinajstić information content (AvgIpc) is 2.83. The van der Waals surface area contributed by atoms with Gasteiger partial charge in [0.05, 0.1) is 15.0 Å². The van der Waals surface area contributed by atoms with Crippen molar-refractivity contribution in [3.63, 3.8) is 0 Å². The van der Waals surface area contributed by atoms with Crippen molar-refractivity contribution >= 4 is 48.9 Å². The fourth-order valence-corrected chi connectivity index (χ4v) is 3.43. The molecule has 1 heterocycles. The lowest BCUT2D eigenvalue weighted by Crippen LogP contribution is -2.17. The number of anilines is 1. The molecule has 2 rings (SSSR count). The lowest BCUT2D eigenvalue weighted by atomic mass is 10.1. The summed E-state index contributed by atoms with van der Waals surface area (Å²) in [6, 6.07) is 10.4. The fourth-order valence-electron chi connectivity index (χ4n) is 1.88. The van der Waals surface area contributed by atoms with Gasteiger partial charge in [0.1, 0.15) is 6.07 Å². The van der Waals surface area contributed by atoms with Crippen LogP contribution in [0.25, 0.3) is 0 Å². The molecule has 0 atom stereocenters. The van der Waals surface area contributed by atoms with E-state index in [1.165, 1.54) is 5.56 Å². The molecule has 0 fully saturated rings. The number of hydrogen-bond acceptors (Lipinski definition) is 3. The summed E-state index contributed by atoms with van der Waals surface area (Å²) in [4.78, 5) is 2.10. The summed E-state index contributed by atoms with van der Waals surface area (Å²) in [7, 11) is 2.01. The van der Waals surface area contributed by atoms with Crippen molar-refractivity contribution in [2.75, 3.05) is 11.9 Å². The molecule has 0 aliphatic rings. The predicted octanol–water partition coefficient (Wildman–Crippen LogP) is 4.91. The zero-order valence-corrected chi connectivity index (χ0v) is 14.3. The van der Waals surface area contributed by atoms with Crippen LogP contribution in [-0.2, 0) is 11.9 Å². The Kier molecular flexibility index (Phi) is 5.03. The van der Waals surface area contributed by atoms with Crippen molar-refractivity contribution < 1.29 is 0 Å². The van der Waals surface area contributed by atoms with Gasteiger partial charge in [0.2, 0.25) is 0 Å². The van der Waals surface area contributed by atoms with Gasteiger partial charge in [-0.1, -0.05) is 22.0 Å². The van der Waals surface area contributed by atoms with Crippen molar-refractivity contribution in [2.45, 2.75) is 11.9 Å². The largest absolute Gasteiger partial charge is 0.369 e. The quantitative estimate of drug-likeness (QED) is 0.682. The van der Waals surface area contributed by atoms with Crippen LogP contribution in [-0.4, -0.2) is 7.05 Å². The van der Waals surface area contributed by atoms with Crippen molar-refractivity contribution in [1.82, 2.24) is 0 Å². The monoisotopic (exact) mass is 398 g/mol. The molecule has 0 N–H and O–H groups in total. The summed E-state index contributed by atoms with van der Waals surface area (Å²) < 4.78 is 1.13. The van der Waals surface area contributed by atoms with Crippen molar-refractivity contribution in [2.24, 2.45) is 0 Å². The number of rotatable bonds is 4. The first-order valence-electron chi connectivity index (χ1n) is 5.67. The summed E-state index contributed by atoms with van der Waals surface area (Å²) in [6.07, 6.45) is 0. The second-order valence-electron chi connectivity index (χ2n) is 4.21. The molecule has 0 saturated heterocycles. The highest BCUT2D eigenvalue weighted by molar-refractivity contribution is 9.11. The maximum atomic E-state index is 9.26. The molecule has 2 aromatic rings. The van der Waals surface area contributed by atoms with E-state index < -0.39 is 0 Å². The Morgan fingerprint density at radius 3 is 2.68 bits per heavy atom. The first-order valence-corrected chi connectivity index (χ1v) is 8.46. The molecule has 0 aliphatic carbocycles. The second kappa shape index (κ2) is 6.56. The minimum absolute atomic E-state index is 0.716. The van der Waals surface area contributed by atoms with Gasteiger partial charge >= 0.3 is 0 Å². The molecule has 0 saturated carbocycles. The molecule has 0 spiro atoms. The van der Waals surface area contributed by atoms with Crippen molar-refractivity contribution in [3.8, 4) is 6.07 Å². The summed E-state index contributed by atoms with van der Waals surface area (Å²) >= 11 is 8.56. The smallest absolute Gasteiger partial charge is 0.101 e. The molecule has 0 amide bonds. The third-order valence-corrected chi connectivity index (χ3v) is 4.99. The molecule has 0 radical (unpaired) electrons. The van der Waals surface area contributed by atoms with Gasteiger partial charge in [0.15, 0.2) is 0 Å². The van der Waals surface area contributed by atoms with E-state index >= 15 is 0 Å². The highest BCUT2D eigenvalue weighted by Gasteiger charge is 2.09. The lowest BCUT2D eigenvalue weighted by molar-refractivity contribution is 0.924. The van der Waals surface area contributed by atoms with Crippen LogP contribution in [0.15, 0.2) is 33.4 Å². The molecule has 0 bridgehead atoms. The molecule has 98 valence electrons. The van der Waals surface area contributed by atoms with Crippen LogP contribution >= 0.6 is 43.2 Å². The Labute approximate surface area is 133 Å². The zero-order valence-electron chi connectivity index (χ0n) is 10.4. The number of halogens is 2. The van der Waals surface area contributed by atoms with E-state index in [1.807, 2.05) is 25.2 Å². The predicted molar refractivity (Wildman–Crippen MR) is 87.9 cm³/mol. The number of alkyl halides is 1. The molecule has 0 unspecified atom stereocenters. The maximum absolute atomic E-state index is 9.26. The average molecular weight is 400 g/mol. The molecule has 0 aliphatic heterocycles. The third-order valence-electron chi connectivity index (χ3n) is 2.79. The van der Waals surface area contributed by atoms with Crippen LogP contribution < -0.4 is 4.90 Å². The first kappa shape index (κ1) is 14.6. The second-order valence-corrected chi connectivity index (χ2v) is 7.06. The van der Waals surface area contributed by atoms with Crippen LogP contribution in [0.2, 0.25) is 0 Å². The van der Waals surface area contributed by atoms with E-state index in [4.69, 9.17) is 0 Å². The molecule has 2 nitrogen and oxygen atoms in total. The van der Waals surface area contributed by atoms with Crippen LogP contribution in [0, 0.1) is 11.3 Å². The van der Waals surface area contributed by atoms with E-state index in [2.05, 4.69) is 54.3 Å². The van der Waals surface area contributed by atoms with E-state index in [-0.39, 0.29) is 0 Å². The Balaban J connectivity index is 2.23. The molecule has 19 heavy (non-hydrogen) atoms. The standard InChI is InChI=1S/C14H12Br2N2S/c1-18(8-11-5-14(16)19-9-11)13-3-2-10(6-15)4-12(13)7-17/h2-5,9H,6,8H2,1H3. The van der Waals surface area contributed by atoms with E-state index in [1.54, 1.807) is 11.3 Å². The first-order chi connectivity index (χ1) is 9.13. The van der Waals surface area contributed by atoms with Gasteiger partial charge in [0.25, 0.3) is 0 Å². The van der Waals surface area contributed by atoms with E-state index in [0.29, 0.717) is 5.56 Å². The van der Waals surface area contributed by atoms with E-state index in [0.717, 1.165) is 26.9 Å². The minimum atomic E-state index is 0.716. The van der Waals surface area contributed by atoms with Gasteiger partial charge in [-0.05, 0) is 50.6 Å². The Bertz CT molecular complexity index is 616. The van der Waals surface area contributed by atoms with E-state index in [9.17, 15) is 5.26 Å². The number of nitrogens with zero attached hydrogens (tertiary/aromatic N) is 2. The van der Waals surface area contributed by atoms with Gasteiger partial charge in [-0.3, -0.25) is 0 Å². The Morgan fingerprint density at radius 2 is 2.11 bits per heavy atom. The summed E-state index contributed by atoms with van der Waals surface area (Å²) in [5, 5.41) is 12.2. The number of benzene rings is 1. The lowest BCUT2D eigenvalue weighted by Gasteiger charge is -2.20. The minimum Gasteiger partial charge on any atom is -0.369 e. The Morgan fingerprint density at radius 1 is 1.32 bits per heavy atom. The summed E-state index contributed by atoms with van der Waals surface area (Å²) in [5.41, 5.74) is 4.04. The van der Waals surface area contributed by atoms with Gasteiger partial charge in [-0.2, -0.15) is 5.26 Å². The van der Waals surface area contributed by atoms with Gasteiger partial charge in [-0.25, -0.2) is 0 Å². The van der Waals surface area contributed by atoms with Gasteiger partial charge in [-0.15, -0.1) is 11.3 Å². The SMILES string of the molecule is CN(Cc1csc(Br)c1)c1ccc(CBr)cc1C#N. The highest BCUT2D eigenvalue weighted by atomic mass is 79.9. The number of nitriles is 1. The topological polar surface area (TPSA) is 27.0 Å². The summed E-state index contributed by atoms with van der Waals surface area (Å²) in [6.45, 7) is 0.796. The van der Waals surface area contributed by atoms with Gasteiger partial charge in [0, 0.05) is 18.9 Å². The molecule has 5 heteroatoms. The van der Waals surface area contributed by atoms with Crippen LogP contribution in [0.3, 0.4) is 0 Å². The fraction of sp³-hybridized carbons (Fsp3) is 0.214. The number of hydrogen-bond donors (Lipinski definition) is 0. The number of thiophene rings is 1. The van der Waals surface area contributed by atoms with Crippen LogP contribution in [0.4, 0.5) is 5.69 Å². The van der Waals surface area contributed by atoms with Crippen LogP contribution in [0.5, 0.6) is 0 Å². The molecular weight excluding hydrogens is 388 g/mol. The molecular formula is C14H12Br2N2S. The van der Waals surface area contributed by atoms with Crippen molar-refractivity contribution in [1.29, 1.82) is 5.26 Å². The summed E-state index contributed by atoms with van der Waals surface area (Å²) in [5.74, 6) is 0. The third kappa shape index (κ3) is 3.59. The normalized spacial score (nSPS) is 10.2. The zero-order chi connectivity index (χ0) is 13.8. The molecule has 1 aromatic heterocycles. The van der Waals surface area contributed by atoms with Crippen LogP contribution in [0.1, 0.15) is 16.7 Å². The highest BCUT2D eigenvalue weighted by Crippen LogP contribution is 2.26.